The molecule has 0 aromatic heterocycles. The molecule has 0 radical (unpaired) electrons. The van der Waals surface area contributed by atoms with E-state index in [1.807, 2.05) is 21.1 Å². The van der Waals surface area contributed by atoms with Gasteiger partial charge < -0.3 is 9.79 Å². The molecule has 0 bridgehead atoms. The van der Waals surface area contributed by atoms with Gasteiger partial charge in [0.15, 0.2) is 0 Å². The molecule has 0 unspecified atom stereocenters. The lowest BCUT2D eigenvalue weighted by Crippen LogP contribution is -2.41. The first kappa shape index (κ1) is 11.8. The Kier molecular flexibility index (Phi) is 6.44. The molecular weight excluding hydrogens is 143 g/mol. The van der Waals surface area contributed by atoms with Gasteiger partial charge in [-0.2, -0.15) is 5.84 Å². The van der Waals surface area contributed by atoms with Gasteiger partial charge in [0.1, 0.15) is 0 Å². The first-order chi connectivity index (χ1) is 3.73. The number of rotatable bonds is 0. The third-order valence-electron chi connectivity index (χ3n) is 0. The molecule has 0 aromatic carbocycles. The summed E-state index contributed by atoms with van der Waals surface area (Å²) in [4.78, 5) is 14.3. The summed E-state index contributed by atoms with van der Waals surface area (Å²) in [5.74, 6) is 5.29. The normalized spacial score (nSPS) is 10.6. The lowest BCUT2D eigenvalue weighted by Gasteiger charge is -2.12. The minimum atomic E-state index is -3.13. The molecule has 0 saturated carbocycles. The van der Waals surface area contributed by atoms with Gasteiger partial charge in [-0.05, 0) is 0 Å². The molecule has 9 heavy (non-hydrogen) atoms. The number of quaternary nitrogens is 1. The molecule has 58 valence electrons. The van der Waals surface area contributed by atoms with Crippen LogP contribution < -0.4 is 5.84 Å². The van der Waals surface area contributed by atoms with Crippen molar-refractivity contribution >= 4 is 8.25 Å². The van der Waals surface area contributed by atoms with Crippen LogP contribution in [-0.2, 0) is 4.57 Å². The van der Waals surface area contributed by atoms with Gasteiger partial charge in [0, 0.05) is 0 Å². The number of nitrogens with zero attached hydrogens (tertiary/aromatic N) is 1. The molecule has 4 N–H and O–H groups in total. The predicted molar refractivity (Wildman–Crippen MR) is 35.7 cm³/mol. The van der Waals surface area contributed by atoms with Gasteiger partial charge in [-0.15, -0.1) is 0 Å². The highest BCUT2D eigenvalue weighted by Crippen LogP contribution is 1.98. The van der Waals surface area contributed by atoms with Gasteiger partial charge in [0.05, 0.1) is 21.1 Å². The third-order valence-corrected chi connectivity index (χ3v) is 0. The SMILES string of the molecule is C[N+](C)(C)N.O=[PH](O)O. The molecule has 0 aliphatic rings. The molecule has 0 saturated heterocycles. The van der Waals surface area contributed by atoms with E-state index in [1.165, 1.54) is 0 Å². The zero-order valence-electron chi connectivity index (χ0n) is 5.83. The van der Waals surface area contributed by atoms with Crippen LogP contribution in [0.25, 0.3) is 0 Å². The molecular formula is C3H14N2O3P+. The summed E-state index contributed by atoms with van der Waals surface area (Å²) in [6.45, 7) is 0. The van der Waals surface area contributed by atoms with Crippen LogP contribution in [-0.4, -0.2) is 35.5 Å². The Labute approximate surface area is 55.2 Å². The maximum atomic E-state index is 8.74. The smallest absolute Gasteiger partial charge is 0.314 e. The van der Waals surface area contributed by atoms with Crippen molar-refractivity contribution in [2.45, 2.75) is 0 Å². The van der Waals surface area contributed by atoms with Crippen molar-refractivity contribution < 1.29 is 18.9 Å². The average Bonchev–Trinajstić information content (AvgIpc) is 1.19. The minimum Gasteiger partial charge on any atom is -0.326 e. The van der Waals surface area contributed by atoms with E-state index < -0.39 is 8.25 Å². The summed E-state index contributed by atoms with van der Waals surface area (Å²) < 4.78 is 9.24. The van der Waals surface area contributed by atoms with Gasteiger partial charge in [0.2, 0.25) is 0 Å². The van der Waals surface area contributed by atoms with E-state index in [2.05, 4.69) is 0 Å². The highest BCUT2D eigenvalue weighted by atomic mass is 31.1. The van der Waals surface area contributed by atoms with E-state index >= 15 is 0 Å². The molecule has 6 heteroatoms. The fourth-order valence-electron chi connectivity index (χ4n) is 0. The Bertz CT molecular complexity index is 79.5. The first-order valence-corrected chi connectivity index (χ1v) is 3.55. The Morgan fingerprint density at radius 3 is 1.33 bits per heavy atom. The maximum absolute atomic E-state index is 8.74. The molecule has 0 rings (SSSR count). The van der Waals surface area contributed by atoms with E-state index in [4.69, 9.17) is 20.2 Å². The molecule has 5 nitrogen and oxygen atoms in total. The van der Waals surface area contributed by atoms with Crippen LogP contribution in [0.1, 0.15) is 0 Å². The van der Waals surface area contributed by atoms with Crippen LogP contribution in [0.4, 0.5) is 0 Å². The molecule has 0 aliphatic carbocycles. The second-order valence-corrected chi connectivity index (χ2v) is 2.96. The Hall–Kier alpha value is 0.0700. The summed E-state index contributed by atoms with van der Waals surface area (Å²) in [7, 11) is 2.58. The Balaban J connectivity index is 0. The second-order valence-electron chi connectivity index (χ2n) is 2.40. The van der Waals surface area contributed by atoms with E-state index in [1.54, 1.807) is 0 Å². The fourth-order valence-corrected chi connectivity index (χ4v) is 0. The van der Waals surface area contributed by atoms with Crippen LogP contribution >= 0.6 is 8.25 Å². The molecule has 0 fully saturated rings. The maximum Gasteiger partial charge on any atom is 0.314 e. The van der Waals surface area contributed by atoms with Gasteiger partial charge >= 0.3 is 8.25 Å². The monoisotopic (exact) mass is 157 g/mol. The quantitative estimate of drug-likeness (QED) is 0.181. The number of hydrogen-bond acceptors (Lipinski definition) is 2. The summed E-state index contributed by atoms with van der Waals surface area (Å²) in [5, 5.41) is 0. The van der Waals surface area contributed by atoms with E-state index in [9.17, 15) is 0 Å². The molecule has 0 amide bonds. The first-order valence-electron chi connectivity index (χ1n) is 2.25. The topological polar surface area (TPSA) is 83.6 Å². The summed E-state index contributed by atoms with van der Waals surface area (Å²) in [5.41, 5.74) is 0. The fraction of sp³-hybridized carbons (Fsp3) is 1.00. The van der Waals surface area contributed by atoms with Crippen molar-refractivity contribution in [3.8, 4) is 0 Å². The van der Waals surface area contributed by atoms with E-state index in [0.29, 0.717) is 4.59 Å². The van der Waals surface area contributed by atoms with Crippen LogP contribution in [0.5, 0.6) is 0 Å². The molecule has 0 atom stereocenters. The van der Waals surface area contributed by atoms with Crippen molar-refractivity contribution in [3.05, 3.63) is 0 Å². The molecule has 0 aliphatic heterocycles. The lowest BCUT2D eigenvalue weighted by atomic mass is 10.9. The van der Waals surface area contributed by atoms with Crippen molar-refractivity contribution in [1.82, 2.24) is 0 Å². The standard InChI is InChI=1S/C3H11N2.H3O3P/c1-5(2,3)4;1-4(2)3/h4H2,1-3H3;4H,(H2,1,2,3)/q+1;. The van der Waals surface area contributed by atoms with E-state index in [-0.39, 0.29) is 0 Å². The van der Waals surface area contributed by atoms with Gasteiger partial charge in [-0.1, -0.05) is 0 Å². The summed E-state index contributed by atoms with van der Waals surface area (Å²) in [6.07, 6.45) is 0. The third kappa shape index (κ3) is 60700. The Morgan fingerprint density at radius 2 is 1.33 bits per heavy atom. The van der Waals surface area contributed by atoms with Crippen molar-refractivity contribution in [1.29, 1.82) is 0 Å². The molecule has 0 heterocycles. The van der Waals surface area contributed by atoms with Crippen LogP contribution in [0, 0.1) is 0 Å². The predicted octanol–water partition coefficient (Wildman–Crippen LogP) is -1.07. The van der Waals surface area contributed by atoms with Crippen LogP contribution in [0.2, 0.25) is 0 Å². The highest BCUT2D eigenvalue weighted by Gasteiger charge is 1.89. The minimum absolute atomic E-state index is 0.500. The molecule has 0 spiro atoms. The van der Waals surface area contributed by atoms with Crippen LogP contribution in [0.15, 0.2) is 0 Å². The largest absolute Gasteiger partial charge is 0.326 e. The van der Waals surface area contributed by atoms with Crippen molar-refractivity contribution in [2.24, 2.45) is 5.84 Å². The van der Waals surface area contributed by atoms with Gasteiger partial charge in [-0.25, -0.2) is 0 Å². The number of hydrogen-bond donors (Lipinski definition) is 3. The summed E-state index contributed by atoms with van der Waals surface area (Å²) in [6, 6.07) is 0. The highest BCUT2D eigenvalue weighted by molar-refractivity contribution is 7.30. The van der Waals surface area contributed by atoms with Crippen molar-refractivity contribution in [3.63, 3.8) is 0 Å². The average molecular weight is 157 g/mol. The molecule has 0 aromatic rings. The van der Waals surface area contributed by atoms with Gasteiger partial charge in [0.25, 0.3) is 0 Å². The zero-order chi connectivity index (χ0) is 8.08. The summed E-state index contributed by atoms with van der Waals surface area (Å²) >= 11 is 0. The second kappa shape index (κ2) is 4.90. The number of nitrogens with two attached hydrogens (primary N) is 1. The van der Waals surface area contributed by atoms with Crippen LogP contribution in [0.3, 0.4) is 0 Å². The Morgan fingerprint density at radius 1 is 1.33 bits per heavy atom. The van der Waals surface area contributed by atoms with Gasteiger partial charge in [-0.3, -0.25) is 9.16 Å². The van der Waals surface area contributed by atoms with Crippen molar-refractivity contribution in [2.75, 3.05) is 21.1 Å². The van der Waals surface area contributed by atoms with E-state index in [0.717, 1.165) is 0 Å². The zero-order valence-corrected chi connectivity index (χ0v) is 6.83. The lowest BCUT2D eigenvalue weighted by molar-refractivity contribution is -0.882.